The van der Waals surface area contributed by atoms with Gasteiger partial charge in [0.25, 0.3) is 0 Å². The summed E-state index contributed by atoms with van der Waals surface area (Å²) in [6, 6.07) is 0. The first-order valence-corrected chi connectivity index (χ1v) is 5.18. The number of carbonyl (C=O) groups excluding carboxylic acids is 1. The molecule has 1 aliphatic rings. The molecule has 1 atom stereocenters. The smallest absolute Gasteiger partial charge is 0.225 e. The average Bonchev–Trinajstić information content (AvgIpc) is 2.86. The molecule has 6 heteroatoms. The van der Waals surface area contributed by atoms with Crippen molar-refractivity contribution in [3.63, 3.8) is 0 Å². The minimum absolute atomic E-state index is 0.00843. The number of nitrogens with one attached hydrogen (secondary N) is 1. The van der Waals surface area contributed by atoms with E-state index in [1.54, 1.807) is 0 Å². The highest BCUT2D eigenvalue weighted by Crippen LogP contribution is 2.30. The number of carbonyl (C=O) groups is 1. The van der Waals surface area contributed by atoms with E-state index in [1.807, 2.05) is 0 Å². The van der Waals surface area contributed by atoms with E-state index in [9.17, 15) is 9.90 Å². The predicted octanol–water partition coefficient (Wildman–Crippen LogP) is 1.24. The Balaban J connectivity index is 2.38. The van der Waals surface area contributed by atoms with Crippen molar-refractivity contribution in [2.45, 2.75) is 23.4 Å². The van der Waals surface area contributed by atoms with Gasteiger partial charge in [0.2, 0.25) is 5.91 Å². The number of aliphatic hydroxyl groups excluding tert-OH is 1. The third-order valence-corrected chi connectivity index (χ3v) is 3.18. The van der Waals surface area contributed by atoms with Gasteiger partial charge in [0.05, 0.1) is 5.88 Å². The quantitative estimate of drug-likeness (QED) is 0.579. The molecule has 1 fully saturated rings. The van der Waals surface area contributed by atoms with Crippen LogP contribution in [0.4, 0.5) is 0 Å². The van der Waals surface area contributed by atoms with Crippen LogP contribution in [0.25, 0.3) is 0 Å². The van der Waals surface area contributed by atoms with E-state index in [0.717, 1.165) is 12.8 Å². The third kappa shape index (κ3) is 3.17. The van der Waals surface area contributed by atoms with Crippen molar-refractivity contribution in [3.8, 4) is 0 Å². The van der Waals surface area contributed by atoms with E-state index >= 15 is 0 Å². The van der Waals surface area contributed by atoms with Gasteiger partial charge in [-0.2, -0.15) is 0 Å². The lowest BCUT2D eigenvalue weighted by molar-refractivity contribution is -0.125. The summed E-state index contributed by atoms with van der Waals surface area (Å²) in [5.41, 5.74) is 0. The van der Waals surface area contributed by atoms with Crippen molar-refractivity contribution in [3.05, 3.63) is 0 Å². The first kappa shape index (κ1) is 11.4. The molecular formula is C7H10Cl3NO2. The number of hydrogen-bond donors (Lipinski definition) is 2. The van der Waals surface area contributed by atoms with Gasteiger partial charge >= 0.3 is 0 Å². The molecule has 1 rings (SSSR count). The Bertz CT molecular complexity index is 206. The Morgan fingerprint density at radius 3 is 2.54 bits per heavy atom. The molecule has 0 aliphatic heterocycles. The highest BCUT2D eigenvalue weighted by Gasteiger charge is 2.37. The number of halogens is 3. The average molecular weight is 247 g/mol. The molecule has 76 valence electrons. The number of aliphatic hydroxyl groups is 1. The maximum Gasteiger partial charge on any atom is 0.225 e. The summed E-state index contributed by atoms with van der Waals surface area (Å²) in [6.07, 6.45) is 0.398. The third-order valence-electron chi connectivity index (χ3n) is 1.81. The molecule has 1 saturated carbocycles. The molecule has 0 aromatic carbocycles. The molecule has 1 unspecified atom stereocenters. The summed E-state index contributed by atoms with van der Waals surface area (Å²) in [7, 11) is 0. The van der Waals surface area contributed by atoms with E-state index < -0.39 is 10.6 Å². The summed E-state index contributed by atoms with van der Waals surface area (Å²) in [5.74, 6) is -0.361. The molecular weight excluding hydrogens is 236 g/mol. The molecule has 0 aromatic rings. The van der Waals surface area contributed by atoms with Crippen LogP contribution in [0.15, 0.2) is 0 Å². The van der Waals surface area contributed by atoms with Crippen LogP contribution in [-0.2, 0) is 4.79 Å². The van der Waals surface area contributed by atoms with Crippen molar-refractivity contribution in [1.29, 1.82) is 0 Å². The van der Waals surface area contributed by atoms with Gasteiger partial charge < -0.3 is 10.4 Å². The zero-order valence-corrected chi connectivity index (χ0v) is 9.03. The Morgan fingerprint density at radius 1 is 1.62 bits per heavy atom. The highest BCUT2D eigenvalue weighted by atomic mass is 35.5. The second-order valence-electron chi connectivity index (χ2n) is 3.08. The Kier molecular flexibility index (Phi) is 3.69. The Hall–Kier alpha value is 0.300. The molecule has 0 bridgehead atoms. The second kappa shape index (κ2) is 4.22. The minimum atomic E-state index is -1.52. The summed E-state index contributed by atoms with van der Waals surface area (Å²) in [6.45, 7) is 0. The number of hydrogen-bond acceptors (Lipinski definition) is 2. The lowest BCUT2D eigenvalue weighted by atomic mass is 10.3. The van der Waals surface area contributed by atoms with Crippen molar-refractivity contribution >= 4 is 40.7 Å². The van der Waals surface area contributed by atoms with Gasteiger partial charge in [-0.25, -0.2) is 0 Å². The van der Waals surface area contributed by atoms with Gasteiger partial charge in [-0.05, 0) is 12.8 Å². The van der Waals surface area contributed by atoms with Crippen LogP contribution >= 0.6 is 34.8 Å². The van der Waals surface area contributed by atoms with Crippen molar-refractivity contribution in [2.75, 3.05) is 5.88 Å². The second-order valence-corrected chi connectivity index (χ2v) is 4.89. The van der Waals surface area contributed by atoms with Crippen LogP contribution in [0.2, 0.25) is 0 Å². The van der Waals surface area contributed by atoms with Crippen LogP contribution in [0, 0.1) is 5.92 Å². The lowest BCUT2D eigenvalue weighted by Gasteiger charge is -2.23. The highest BCUT2D eigenvalue weighted by molar-refractivity contribution is 6.52. The van der Waals surface area contributed by atoms with Crippen LogP contribution in [0.3, 0.4) is 0 Å². The zero-order chi connectivity index (χ0) is 10.1. The number of amides is 1. The summed E-state index contributed by atoms with van der Waals surface area (Å²) in [5, 5.41) is 11.6. The van der Waals surface area contributed by atoms with Gasteiger partial charge in [-0.3, -0.25) is 4.79 Å². The summed E-state index contributed by atoms with van der Waals surface area (Å²) >= 11 is 16.6. The molecule has 13 heavy (non-hydrogen) atoms. The summed E-state index contributed by atoms with van der Waals surface area (Å²) < 4.78 is -1.52. The van der Waals surface area contributed by atoms with E-state index in [0.29, 0.717) is 0 Å². The number of rotatable bonds is 4. The molecule has 2 N–H and O–H groups in total. The zero-order valence-electron chi connectivity index (χ0n) is 6.77. The van der Waals surface area contributed by atoms with E-state index in [4.69, 9.17) is 34.8 Å². The van der Waals surface area contributed by atoms with E-state index in [-0.39, 0.29) is 17.7 Å². The van der Waals surface area contributed by atoms with Crippen molar-refractivity contribution < 1.29 is 9.90 Å². The first-order valence-electron chi connectivity index (χ1n) is 3.89. The van der Waals surface area contributed by atoms with Gasteiger partial charge in [-0.15, -0.1) is 11.6 Å². The minimum Gasteiger partial charge on any atom is -0.370 e. The molecule has 0 radical (unpaired) electrons. The predicted molar refractivity (Wildman–Crippen MR) is 52.0 cm³/mol. The molecule has 0 saturated heterocycles. The standard InChI is InChI=1S/C7H10Cl3NO2/c8-3-7(9,10)6(13)11-5(12)4-1-2-4/h4,6,13H,1-3H2,(H,11,12). The van der Waals surface area contributed by atoms with Gasteiger partial charge in [0, 0.05) is 5.92 Å². The lowest BCUT2D eigenvalue weighted by Crippen LogP contribution is -2.47. The monoisotopic (exact) mass is 245 g/mol. The fourth-order valence-corrected chi connectivity index (χ4v) is 1.03. The maximum atomic E-state index is 11.1. The van der Waals surface area contributed by atoms with Gasteiger partial charge in [0.15, 0.2) is 10.6 Å². The van der Waals surface area contributed by atoms with Crippen molar-refractivity contribution in [1.82, 2.24) is 5.32 Å². The van der Waals surface area contributed by atoms with Crippen LogP contribution in [-0.4, -0.2) is 27.5 Å². The molecule has 0 heterocycles. The van der Waals surface area contributed by atoms with E-state index in [1.165, 1.54) is 0 Å². The van der Waals surface area contributed by atoms with Crippen LogP contribution in [0.1, 0.15) is 12.8 Å². The van der Waals surface area contributed by atoms with Crippen LogP contribution < -0.4 is 5.32 Å². The Morgan fingerprint density at radius 2 is 2.15 bits per heavy atom. The molecule has 0 aromatic heterocycles. The molecule has 0 spiro atoms. The normalized spacial score (nSPS) is 19.7. The largest absolute Gasteiger partial charge is 0.370 e. The molecule has 1 aliphatic carbocycles. The SMILES string of the molecule is O=C(NC(O)C(Cl)(Cl)CCl)C1CC1. The summed E-state index contributed by atoms with van der Waals surface area (Å²) in [4.78, 5) is 11.1. The first-order chi connectivity index (χ1) is 5.97. The molecule has 1 amide bonds. The van der Waals surface area contributed by atoms with Gasteiger partial charge in [-0.1, -0.05) is 23.2 Å². The topological polar surface area (TPSA) is 49.3 Å². The number of alkyl halides is 3. The fraction of sp³-hybridized carbons (Fsp3) is 0.857. The fourth-order valence-electron chi connectivity index (χ4n) is 0.777. The van der Waals surface area contributed by atoms with Gasteiger partial charge in [0.1, 0.15) is 0 Å². The maximum absolute atomic E-state index is 11.1. The van der Waals surface area contributed by atoms with E-state index in [2.05, 4.69) is 5.32 Å². The molecule has 3 nitrogen and oxygen atoms in total. The Labute approximate surface area is 91.3 Å². The van der Waals surface area contributed by atoms with Crippen molar-refractivity contribution in [2.24, 2.45) is 5.92 Å². The van der Waals surface area contributed by atoms with Crippen LogP contribution in [0.5, 0.6) is 0 Å².